The summed E-state index contributed by atoms with van der Waals surface area (Å²) in [4.78, 5) is 23.4. The van der Waals surface area contributed by atoms with E-state index in [1.807, 2.05) is 6.07 Å². The molecule has 0 unspecified atom stereocenters. The zero-order chi connectivity index (χ0) is 19.2. The van der Waals surface area contributed by atoms with Crippen LogP contribution in [0.4, 0.5) is 5.69 Å². The normalized spacial score (nSPS) is 10.0. The van der Waals surface area contributed by atoms with E-state index in [1.54, 1.807) is 54.6 Å². The molecule has 0 aromatic heterocycles. The van der Waals surface area contributed by atoms with Gasteiger partial charge in [0.2, 0.25) is 5.75 Å². The third kappa shape index (κ3) is 4.17. The molecule has 3 rings (SSSR count). The van der Waals surface area contributed by atoms with Crippen LogP contribution in [0.3, 0.4) is 0 Å². The lowest BCUT2D eigenvalue weighted by Crippen LogP contribution is -2.03. The number of carbonyl (C=O) groups is 1. The number of nitro benzene ring substituents is 1. The fraction of sp³-hybridized carbons (Fsp3) is 0.0476. The van der Waals surface area contributed by atoms with Crippen molar-refractivity contribution < 1.29 is 14.5 Å². The van der Waals surface area contributed by atoms with Gasteiger partial charge in [0.25, 0.3) is 0 Å². The van der Waals surface area contributed by atoms with Gasteiger partial charge in [-0.1, -0.05) is 42.5 Å². The largest absolute Gasteiger partial charge is 0.450 e. The molecule has 0 saturated heterocycles. The monoisotopic (exact) mass is 358 g/mol. The number of nitriles is 1. The molecule has 0 bridgehead atoms. The Hall–Kier alpha value is -3.98. The van der Waals surface area contributed by atoms with Gasteiger partial charge in [-0.3, -0.25) is 14.9 Å². The fourth-order valence-electron chi connectivity index (χ4n) is 2.54. The van der Waals surface area contributed by atoms with Crippen LogP contribution >= 0.6 is 0 Å². The first kappa shape index (κ1) is 17.8. The Balaban J connectivity index is 1.89. The van der Waals surface area contributed by atoms with Crippen LogP contribution < -0.4 is 4.74 Å². The summed E-state index contributed by atoms with van der Waals surface area (Å²) in [6, 6.07) is 21.5. The van der Waals surface area contributed by atoms with E-state index < -0.39 is 4.92 Å². The molecule has 0 aliphatic carbocycles. The number of nitrogens with zero attached hydrogens (tertiary/aromatic N) is 2. The Morgan fingerprint density at radius 2 is 1.70 bits per heavy atom. The van der Waals surface area contributed by atoms with Gasteiger partial charge in [-0.05, 0) is 29.8 Å². The van der Waals surface area contributed by atoms with Gasteiger partial charge in [-0.15, -0.1) is 0 Å². The average molecular weight is 358 g/mol. The van der Waals surface area contributed by atoms with Gasteiger partial charge in [0.1, 0.15) is 5.75 Å². The molecule has 0 heterocycles. The molecule has 0 fully saturated rings. The molecule has 0 radical (unpaired) electrons. The maximum absolute atomic E-state index is 12.5. The summed E-state index contributed by atoms with van der Waals surface area (Å²) in [5.41, 5.74) is 1.19. The predicted molar refractivity (Wildman–Crippen MR) is 98.8 cm³/mol. The Kier molecular flexibility index (Phi) is 5.24. The molecule has 0 N–H and O–H groups in total. The Morgan fingerprint density at radius 1 is 1.00 bits per heavy atom. The first-order valence-electron chi connectivity index (χ1n) is 8.10. The molecule has 0 spiro atoms. The van der Waals surface area contributed by atoms with Crippen molar-refractivity contribution >= 4 is 11.5 Å². The topological polar surface area (TPSA) is 93.2 Å². The van der Waals surface area contributed by atoms with E-state index in [4.69, 9.17) is 10.00 Å². The SMILES string of the molecule is N#CCc1ccc(Oc2ccc(C(=O)c3ccccc3)cc2[N+](=O)[O-])cc1. The molecule has 132 valence electrons. The first-order valence-corrected chi connectivity index (χ1v) is 8.10. The Bertz CT molecular complexity index is 1020. The smallest absolute Gasteiger partial charge is 0.312 e. The van der Waals surface area contributed by atoms with Crippen LogP contribution in [0.5, 0.6) is 11.5 Å². The quantitative estimate of drug-likeness (QED) is 0.362. The molecule has 3 aromatic carbocycles. The Labute approximate surface area is 155 Å². The molecule has 6 nitrogen and oxygen atoms in total. The van der Waals surface area contributed by atoms with E-state index in [2.05, 4.69) is 0 Å². The van der Waals surface area contributed by atoms with Crippen molar-refractivity contribution in [3.63, 3.8) is 0 Å². The lowest BCUT2D eigenvalue weighted by molar-refractivity contribution is -0.385. The van der Waals surface area contributed by atoms with Crippen molar-refractivity contribution in [3.05, 3.63) is 99.6 Å². The summed E-state index contributed by atoms with van der Waals surface area (Å²) in [7, 11) is 0. The van der Waals surface area contributed by atoms with Gasteiger partial charge in [-0.2, -0.15) is 5.26 Å². The lowest BCUT2D eigenvalue weighted by atomic mass is 10.0. The molecule has 27 heavy (non-hydrogen) atoms. The number of carbonyl (C=O) groups excluding carboxylic acids is 1. The lowest BCUT2D eigenvalue weighted by Gasteiger charge is -2.08. The zero-order valence-electron chi connectivity index (χ0n) is 14.2. The van der Waals surface area contributed by atoms with Crippen molar-refractivity contribution in [3.8, 4) is 17.6 Å². The minimum atomic E-state index is -0.582. The van der Waals surface area contributed by atoms with Gasteiger partial charge in [0.15, 0.2) is 5.78 Å². The van der Waals surface area contributed by atoms with Crippen LogP contribution in [0, 0.1) is 21.4 Å². The highest BCUT2D eigenvalue weighted by Gasteiger charge is 2.20. The minimum Gasteiger partial charge on any atom is -0.450 e. The summed E-state index contributed by atoms with van der Waals surface area (Å²) in [5.74, 6) is 0.144. The van der Waals surface area contributed by atoms with Crippen LogP contribution in [0.1, 0.15) is 21.5 Å². The van der Waals surface area contributed by atoms with Crippen LogP contribution in [0.15, 0.2) is 72.8 Å². The number of ether oxygens (including phenoxy) is 1. The standard InChI is InChI=1S/C21H14N2O4/c22-13-12-15-6-9-18(10-7-15)27-20-11-8-17(14-19(20)23(25)26)21(24)16-4-2-1-3-5-16/h1-11,14H,12H2. The third-order valence-electron chi connectivity index (χ3n) is 3.89. The number of rotatable bonds is 6. The van der Waals surface area contributed by atoms with Crippen LogP contribution in [-0.4, -0.2) is 10.7 Å². The van der Waals surface area contributed by atoms with Crippen molar-refractivity contribution in [2.24, 2.45) is 0 Å². The molecule has 0 aliphatic rings. The highest BCUT2D eigenvalue weighted by atomic mass is 16.6. The molecule has 0 amide bonds. The molecule has 3 aromatic rings. The number of nitro groups is 1. The van der Waals surface area contributed by atoms with E-state index in [0.29, 0.717) is 11.3 Å². The van der Waals surface area contributed by atoms with Crippen molar-refractivity contribution in [2.45, 2.75) is 6.42 Å². The maximum atomic E-state index is 12.5. The summed E-state index contributed by atoms with van der Waals surface area (Å²) < 4.78 is 5.61. The highest BCUT2D eigenvalue weighted by molar-refractivity contribution is 6.09. The maximum Gasteiger partial charge on any atom is 0.312 e. The second kappa shape index (κ2) is 7.93. The van der Waals surface area contributed by atoms with Crippen molar-refractivity contribution in [2.75, 3.05) is 0 Å². The summed E-state index contributed by atoms with van der Waals surface area (Å²) in [5, 5.41) is 20.1. The second-order valence-corrected chi connectivity index (χ2v) is 5.72. The average Bonchev–Trinajstić information content (AvgIpc) is 2.70. The Morgan fingerprint density at radius 3 is 2.33 bits per heavy atom. The van der Waals surface area contributed by atoms with E-state index in [9.17, 15) is 14.9 Å². The molecule has 6 heteroatoms. The molecule has 0 saturated carbocycles. The van der Waals surface area contributed by atoms with Gasteiger partial charge < -0.3 is 4.74 Å². The molecular formula is C21H14N2O4. The number of hydrogen-bond acceptors (Lipinski definition) is 5. The molecule has 0 atom stereocenters. The van der Waals surface area contributed by atoms with Crippen LogP contribution in [0.25, 0.3) is 0 Å². The fourth-order valence-corrected chi connectivity index (χ4v) is 2.54. The van der Waals surface area contributed by atoms with E-state index >= 15 is 0 Å². The van der Waals surface area contributed by atoms with Gasteiger partial charge in [0.05, 0.1) is 17.4 Å². The van der Waals surface area contributed by atoms with Crippen molar-refractivity contribution in [1.29, 1.82) is 5.26 Å². The second-order valence-electron chi connectivity index (χ2n) is 5.72. The van der Waals surface area contributed by atoms with Gasteiger partial charge in [0, 0.05) is 17.2 Å². The van der Waals surface area contributed by atoms with Gasteiger partial charge >= 0.3 is 5.69 Å². The van der Waals surface area contributed by atoms with E-state index in [1.165, 1.54) is 18.2 Å². The van der Waals surface area contributed by atoms with Crippen LogP contribution in [0.2, 0.25) is 0 Å². The van der Waals surface area contributed by atoms with Crippen LogP contribution in [-0.2, 0) is 6.42 Å². The van der Waals surface area contributed by atoms with E-state index in [-0.39, 0.29) is 29.2 Å². The predicted octanol–water partition coefficient (Wildman–Crippen LogP) is 4.68. The highest BCUT2D eigenvalue weighted by Crippen LogP contribution is 2.33. The third-order valence-corrected chi connectivity index (χ3v) is 3.89. The van der Waals surface area contributed by atoms with Crippen molar-refractivity contribution in [1.82, 2.24) is 0 Å². The molecular weight excluding hydrogens is 344 g/mol. The van der Waals surface area contributed by atoms with E-state index in [0.717, 1.165) is 5.56 Å². The first-order chi connectivity index (χ1) is 13.1. The summed E-state index contributed by atoms with van der Waals surface area (Å²) in [6.45, 7) is 0. The minimum absolute atomic E-state index is 0.0395. The molecule has 0 aliphatic heterocycles. The number of hydrogen-bond donors (Lipinski definition) is 0. The number of ketones is 1. The zero-order valence-corrected chi connectivity index (χ0v) is 14.2. The summed E-state index contributed by atoms with van der Waals surface area (Å²) in [6.07, 6.45) is 0.275. The number of benzene rings is 3. The summed E-state index contributed by atoms with van der Waals surface area (Å²) >= 11 is 0. The van der Waals surface area contributed by atoms with Gasteiger partial charge in [-0.25, -0.2) is 0 Å².